The molecule has 0 aliphatic rings. The van der Waals surface area contributed by atoms with Crippen LogP contribution in [0.2, 0.25) is 0 Å². The molecule has 0 aromatic rings. The van der Waals surface area contributed by atoms with Crippen molar-refractivity contribution in [3.8, 4) is 0 Å². The van der Waals surface area contributed by atoms with E-state index in [9.17, 15) is 9.59 Å². The highest BCUT2D eigenvalue weighted by atomic mass is 16.4. The molecule has 0 aromatic heterocycles. The zero-order valence-corrected chi connectivity index (χ0v) is 12.1. The number of carbonyl (C=O) groups is 2. The third kappa shape index (κ3) is 5.04. The topological polar surface area (TPSA) is 69.6 Å². The van der Waals surface area contributed by atoms with Crippen molar-refractivity contribution in [3.63, 3.8) is 0 Å². The van der Waals surface area contributed by atoms with Crippen molar-refractivity contribution in [3.05, 3.63) is 0 Å². The lowest BCUT2D eigenvalue weighted by atomic mass is 9.93. The highest BCUT2D eigenvalue weighted by Gasteiger charge is 2.24. The highest BCUT2D eigenvalue weighted by Crippen LogP contribution is 2.16. The summed E-state index contributed by atoms with van der Waals surface area (Å²) in [6.07, 6.45) is 2.09. The minimum Gasteiger partial charge on any atom is -0.481 e. The van der Waals surface area contributed by atoms with E-state index in [1.807, 2.05) is 14.1 Å². The average Bonchev–Trinajstić information content (AvgIpc) is 2.32. The van der Waals surface area contributed by atoms with E-state index in [4.69, 9.17) is 5.11 Å². The van der Waals surface area contributed by atoms with E-state index in [2.05, 4.69) is 24.1 Å². The quantitative estimate of drug-likeness (QED) is 0.642. The fourth-order valence-corrected chi connectivity index (χ4v) is 2.07. The fourth-order valence-electron chi connectivity index (χ4n) is 2.07. The molecular weight excluding hydrogens is 232 g/mol. The van der Waals surface area contributed by atoms with E-state index in [0.717, 1.165) is 12.8 Å². The highest BCUT2D eigenvalue weighted by molar-refractivity contribution is 5.96. The van der Waals surface area contributed by atoms with Gasteiger partial charge in [-0.3, -0.25) is 9.59 Å². The Morgan fingerprint density at radius 1 is 1.22 bits per heavy atom. The number of carboxylic acids is 1. The second kappa shape index (κ2) is 8.08. The molecule has 0 aromatic carbocycles. The predicted octanol–water partition coefficient (Wildman–Crippen LogP) is 1.19. The predicted molar refractivity (Wildman–Crippen MR) is 71.4 cm³/mol. The third-order valence-corrected chi connectivity index (χ3v) is 3.51. The van der Waals surface area contributed by atoms with Crippen LogP contribution in [0.4, 0.5) is 0 Å². The molecule has 0 spiro atoms. The number of hydrogen-bond acceptors (Lipinski definition) is 3. The number of aliphatic carboxylic acids is 1. The van der Waals surface area contributed by atoms with Crippen LogP contribution >= 0.6 is 0 Å². The van der Waals surface area contributed by atoms with E-state index >= 15 is 0 Å². The van der Waals surface area contributed by atoms with Crippen LogP contribution in [0.3, 0.4) is 0 Å². The number of likely N-dealkylation sites (N-methyl/N-ethyl adjacent to an activating group) is 1. The molecule has 0 fully saturated rings. The summed E-state index contributed by atoms with van der Waals surface area (Å²) in [5.74, 6) is -1.99. The Morgan fingerprint density at radius 3 is 2.06 bits per heavy atom. The maximum Gasteiger partial charge on any atom is 0.315 e. The minimum atomic E-state index is -1.09. The fraction of sp³-hybridized carbons (Fsp3) is 0.846. The van der Waals surface area contributed by atoms with Gasteiger partial charge in [-0.05, 0) is 26.9 Å². The van der Waals surface area contributed by atoms with Gasteiger partial charge >= 0.3 is 5.97 Å². The summed E-state index contributed by atoms with van der Waals surface area (Å²) in [7, 11) is 3.96. The number of rotatable bonds is 8. The zero-order valence-electron chi connectivity index (χ0n) is 12.1. The molecule has 0 heterocycles. The molecule has 1 amide bonds. The van der Waals surface area contributed by atoms with Gasteiger partial charge in [0.15, 0.2) is 0 Å². The maximum absolute atomic E-state index is 11.6. The van der Waals surface area contributed by atoms with Gasteiger partial charge in [0.05, 0.1) is 0 Å². The van der Waals surface area contributed by atoms with Crippen molar-refractivity contribution in [2.24, 2.45) is 11.8 Å². The number of carbonyl (C=O) groups excluding carboxylic acids is 1. The van der Waals surface area contributed by atoms with Crippen LogP contribution in [0.15, 0.2) is 0 Å². The molecule has 0 saturated carbocycles. The van der Waals surface area contributed by atoms with Crippen molar-refractivity contribution < 1.29 is 14.7 Å². The summed E-state index contributed by atoms with van der Waals surface area (Å²) in [4.78, 5) is 24.4. The number of carboxylic acid groups (broad SMARTS) is 1. The number of amides is 1. The summed E-state index contributed by atoms with van der Waals surface area (Å²) < 4.78 is 0. The normalized spacial score (nSPS) is 14.6. The number of nitrogens with zero attached hydrogens (tertiary/aromatic N) is 1. The first-order chi connectivity index (χ1) is 8.34. The largest absolute Gasteiger partial charge is 0.481 e. The first-order valence-corrected chi connectivity index (χ1v) is 6.52. The molecular formula is C13H26N2O3. The number of hydrogen-bond donors (Lipinski definition) is 2. The molecule has 0 rings (SSSR count). The van der Waals surface area contributed by atoms with Crippen LogP contribution in [0.25, 0.3) is 0 Å². The third-order valence-electron chi connectivity index (χ3n) is 3.51. The van der Waals surface area contributed by atoms with Crippen LogP contribution < -0.4 is 5.32 Å². The molecule has 0 aliphatic carbocycles. The minimum absolute atomic E-state index is 0.241. The standard InChI is InChI=1S/C13H26N2O3/c1-6-10(7-2)11(15(4)5)8-14-12(16)9(3)13(17)18/h9-11H,6-8H2,1-5H3,(H,14,16)(H,17,18). The van der Waals surface area contributed by atoms with Gasteiger partial charge in [0, 0.05) is 12.6 Å². The van der Waals surface area contributed by atoms with E-state index in [1.54, 1.807) is 0 Å². The summed E-state index contributed by atoms with van der Waals surface area (Å²) in [6.45, 7) is 6.16. The molecule has 18 heavy (non-hydrogen) atoms. The Bertz CT molecular complexity index is 275. The smallest absolute Gasteiger partial charge is 0.315 e. The van der Waals surface area contributed by atoms with Crippen molar-refractivity contribution in [2.75, 3.05) is 20.6 Å². The molecule has 106 valence electrons. The summed E-state index contributed by atoms with van der Waals surface area (Å²) in [6, 6.07) is 0.241. The molecule has 0 saturated heterocycles. The lowest BCUT2D eigenvalue weighted by Crippen LogP contribution is -2.46. The lowest BCUT2D eigenvalue weighted by Gasteiger charge is -2.31. The Hall–Kier alpha value is -1.10. The first kappa shape index (κ1) is 16.9. The second-order valence-electron chi connectivity index (χ2n) is 4.91. The van der Waals surface area contributed by atoms with Crippen molar-refractivity contribution in [1.29, 1.82) is 0 Å². The van der Waals surface area contributed by atoms with Gasteiger partial charge in [-0.2, -0.15) is 0 Å². The molecule has 5 nitrogen and oxygen atoms in total. The summed E-state index contributed by atoms with van der Waals surface area (Å²) in [5, 5.41) is 11.5. The van der Waals surface area contributed by atoms with Gasteiger partial charge in [0.2, 0.25) is 5.91 Å². The van der Waals surface area contributed by atoms with Crippen LogP contribution in [-0.4, -0.2) is 48.6 Å². The van der Waals surface area contributed by atoms with E-state index < -0.39 is 17.8 Å². The van der Waals surface area contributed by atoms with E-state index in [0.29, 0.717) is 12.5 Å². The Balaban J connectivity index is 4.45. The summed E-state index contributed by atoms with van der Waals surface area (Å²) >= 11 is 0. The van der Waals surface area contributed by atoms with Crippen LogP contribution in [0.1, 0.15) is 33.6 Å². The van der Waals surface area contributed by atoms with E-state index in [-0.39, 0.29) is 6.04 Å². The van der Waals surface area contributed by atoms with Gasteiger partial charge in [0.25, 0.3) is 0 Å². The molecule has 0 radical (unpaired) electrons. The van der Waals surface area contributed by atoms with Crippen molar-refractivity contribution >= 4 is 11.9 Å². The van der Waals surface area contributed by atoms with Crippen LogP contribution in [0.5, 0.6) is 0 Å². The molecule has 2 unspecified atom stereocenters. The van der Waals surface area contributed by atoms with Crippen molar-refractivity contribution in [2.45, 2.75) is 39.7 Å². The van der Waals surface area contributed by atoms with Gasteiger partial charge < -0.3 is 15.3 Å². The Kier molecular flexibility index (Phi) is 7.59. The second-order valence-corrected chi connectivity index (χ2v) is 4.91. The average molecular weight is 258 g/mol. The zero-order chi connectivity index (χ0) is 14.3. The molecule has 0 bridgehead atoms. The molecule has 2 N–H and O–H groups in total. The Morgan fingerprint density at radius 2 is 1.72 bits per heavy atom. The summed E-state index contributed by atoms with van der Waals surface area (Å²) in [5.41, 5.74) is 0. The first-order valence-electron chi connectivity index (χ1n) is 6.52. The van der Waals surface area contributed by atoms with Gasteiger partial charge in [-0.15, -0.1) is 0 Å². The van der Waals surface area contributed by atoms with Gasteiger partial charge in [-0.25, -0.2) is 0 Å². The molecule has 5 heteroatoms. The van der Waals surface area contributed by atoms with Crippen LogP contribution in [-0.2, 0) is 9.59 Å². The van der Waals surface area contributed by atoms with Crippen LogP contribution in [0, 0.1) is 11.8 Å². The lowest BCUT2D eigenvalue weighted by molar-refractivity contribution is -0.146. The SMILES string of the molecule is CCC(CC)C(CNC(=O)C(C)C(=O)O)N(C)C. The Labute approximate surface area is 110 Å². The molecule has 0 aliphatic heterocycles. The molecule has 2 atom stereocenters. The van der Waals surface area contributed by atoms with Crippen molar-refractivity contribution in [1.82, 2.24) is 10.2 Å². The maximum atomic E-state index is 11.6. The van der Waals surface area contributed by atoms with E-state index in [1.165, 1.54) is 6.92 Å². The monoisotopic (exact) mass is 258 g/mol. The van der Waals surface area contributed by atoms with Gasteiger partial charge in [0.1, 0.15) is 5.92 Å². The van der Waals surface area contributed by atoms with Gasteiger partial charge in [-0.1, -0.05) is 26.7 Å². The number of nitrogens with one attached hydrogen (secondary N) is 1.